The molecule has 31 heavy (non-hydrogen) atoms. The maximum absolute atomic E-state index is 13.5. The molecule has 0 aliphatic rings. The van der Waals surface area contributed by atoms with Crippen LogP contribution in [0.3, 0.4) is 0 Å². The molecular weight excluding hydrogens is 393 g/mol. The van der Waals surface area contributed by atoms with Crippen LogP contribution in [0.2, 0.25) is 0 Å². The number of para-hydroxylation sites is 1. The first-order valence-electron chi connectivity index (χ1n) is 10.8. The first-order chi connectivity index (χ1) is 14.9. The molecule has 0 atom stereocenters. The van der Waals surface area contributed by atoms with Gasteiger partial charge < -0.3 is 9.64 Å². The molecule has 1 heterocycles. The molecule has 6 heteroatoms. The van der Waals surface area contributed by atoms with Gasteiger partial charge in [-0.1, -0.05) is 45.9 Å². The summed E-state index contributed by atoms with van der Waals surface area (Å²) in [4.78, 5) is 14.7. The average Bonchev–Trinajstić information content (AvgIpc) is 3.11. The maximum atomic E-state index is 13.5. The Bertz CT molecular complexity index is 998. The summed E-state index contributed by atoms with van der Waals surface area (Å²) < 4.78 is 21.5. The number of hydrogen-bond donors (Lipinski definition) is 0. The average molecular weight is 424 g/mol. The van der Waals surface area contributed by atoms with E-state index in [9.17, 15) is 9.18 Å². The van der Waals surface area contributed by atoms with Crippen LogP contribution in [-0.4, -0.2) is 27.1 Å². The highest BCUT2D eigenvalue weighted by molar-refractivity contribution is 5.78. The van der Waals surface area contributed by atoms with Gasteiger partial charge in [0, 0.05) is 12.5 Å². The zero-order valence-electron chi connectivity index (χ0n) is 18.6. The molecule has 1 aromatic heterocycles. The lowest BCUT2D eigenvalue weighted by Crippen LogP contribution is -2.34. The number of benzene rings is 2. The van der Waals surface area contributed by atoms with Crippen molar-refractivity contribution in [2.45, 2.75) is 47.1 Å². The van der Waals surface area contributed by atoms with Gasteiger partial charge in [-0.25, -0.2) is 9.07 Å². The number of carbonyl (C=O) groups is 1. The molecule has 3 rings (SSSR count). The van der Waals surface area contributed by atoms with E-state index >= 15 is 0 Å². The predicted molar refractivity (Wildman–Crippen MR) is 120 cm³/mol. The fourth-order valence-electron chi connectivity index (χ4n) is 3.48. The molecule has 3 aromatic rings. The van der Waals surface area contributed by atoms with Crippen LogP contribution < -0.4 is 4.74 Å². The summed E-state index contributed by atoms with van der Waals surface area (Å²) in [6.07, 6.45) is 1.55. The monoisotopic (exact) mass is 423 g/mol. The Kier molecular flexibility index (Phi) is 7.45. The van der Waals surface area contributed by atoms with Crippen molar-refractivity contribution in [2.75, 3.05) is 6.54 Å². The first kappa shape index (κ1) is 22.5. The smallest absolute Gasteiger partial charge is 0.227 e. The fraction of sp³-hybridized carbons (Fsp3) is 0.360. The highest BCUT2D eigenvalue weighted by Gasteiger charge is 2.25. The summed E-state index contributed by atoms with van der Waals surface area (Å²) in [5.41, 5.74) is 2.43. The quantitative estimate of drug-likeness (QED) is 0.440. The molecule has 0 radical (unpaired) electrons. The van der Waals surface area contributed by atoms with Crippen molar-refractivity contribution in [3.05, 3.63) is 71.7 Å². The second kappa shape index (κ2) is 10.2. The van der Waals surface area contributed by atoms with Gasteiger partial charge in [0.05, 0.1) is 23.5 Å². The molecule has 0 saturated heterocycles. The molecule has 0 aliphatic carbocycles. The van der Waals surface area contributed by atoms with Gasteiger partial charge in [-0.05, 0) is 49.2 Å². The van der Waals surface area contributed by atoms with Crippen LogP contribution in [0.1, 0.15) is 45.4 Å². The van der Waals surface area contributed by atoms with Crippen LogP contribution in [-0.2, 0) is 17.8 Å². The zero-order chi connectivity index (χ0) is 22.4. The molecule has 0 saturated carbocycles. The molecule has 0 aliphatic heterocycles. The lowest BCUT2D eigenvalue weighted by Gasteiger charge is -2.24. The van der Waals surface area contributed by atoms with Crippen molar-refractivity contribution < 1.29 is 13.9 Å². The van der Waals surface area contributed by atoms with Crippen molar-refractivity contribution in [3.63, 3.8) is 0 Å². The zero-order valence-corrected chi connectivity index (χ0v) is 18.6. The highest BCUT2D eigenvalue weighted by atomic mass is 19.1. The molecular formula is C25H30FN3O2. The van der Waals surface area contributed by atoms with Gasteiger partial charge in [-0.15, -0.1) is 0 Å². The first-order valence-corrected chi connectivity index (χ1v) is 10.8. The van der Waals surface area contributed by atoms with E-state index in [1.165, 1.54) is 12.1 Å². The van der Waals surface area contributed by atoms with E-state index in [2.05, 4.69) is 6.92 Å². The Morgan fingerprint density at radius 3 is 2.35 bits per heavy atom. The standard InChI is InChI=1S/C25H30FN3O2/c1-5-16-28(24(30)18(3)4)17-22-23(6-2)27-29(20-14-12-19(26)13-15-20)25(22)31-21-10-8-7-9-11-21/h7-15,18H,5-6,16-17H2,1-4H3. The summed E-state index contributed by atoms with van der Waals surface area (Å²) >= 11 is 0. The van der Waals surface area contributed by atoms with E-state index in [1.807, 2.05) is 56.0 Å². The molecule has 0 N–H and O–H groups in total. The molecule has 0 bridgehead atoms. The second-order valence-electron chi connectivity index (χ2n) is 7.80. The van der Waals surface area contributed by atoms with Crippen LogP contribution in [0, 0.1) is 11.7 Å². The maximum Gasteiger partial charge on any atom is 0.227 e. The fourth-order valence-corrected chi connectivity index (χ4v) is 3.48. The largest absolute Gasteiger partial charge is 0.439 e. The normalized spacial score (nSPS) is 11.0. The summed E-state index contributed by atoms with van der Waals surface area (Å²) in [5.74, 6) is 0.916. The van der Waals surface area contributed by atoms with Gasteiger partial charge >= 0.3 is 0 Å². The van der Waals surface area contributed by atoms with Crippen LogP contribution >= 0.6 is 0 Å². The van der Waals surface area contributed by atoms with E-state index in [-0.39, 0.29) is 17.6 Å². The number of nitrogens with zero attached hydrogens (tertiary/aromatic N) is 3. The van der Waals surface area contributed by atoms with E-state index in [0.717, 1.165) is 17.7 Å². The van der Waals surface area contributed by atoms with E-state index < -0.39 is 0 Å². The lowest BCUT2D eigenvalue weighted by atomic mass is 10.1. The van der Waals surface area contributed by atoms with Gasteiger partial charge in [0.1, 0.15) is 11.6 Å². The number of aromatic nitrogens is 2. The van der Waals surface area contributed by atoms with E-state index in [1.54, 1.807) is 16.8 Å². The summed E-state index contributed by atoms with van der Waals surface area (Å²) in [5, 5.41) is 4.77. The predicted octanol–water partition coefficient (Wildman–Crippen LogP) is 5.76. The number of ether oxygens (including phenoxy) is 1. The van der Waals surface area contributed by atoms with E-state index in [0.29, 0.717) is 36.8 Å². The number of amides is 1. The number of halogens is 1. The Hall–Kier alpha value is -3.15. The number of aryl methyl sites for hydroxylation is 1. The highest BCUT2D eigenvalue weighted by Crippen LogP contribution is 2.32. The Labute approximate surface area is 183 Å². The molecule has 0 spiro atoms. The second-order valence-corrected chi connectivity index (χ2v) is 7.80. The lowest BCUT2D eigenvalue weighted by molar-refractivity contribution is -0.135. The van der Waals surface area contributed by atoms with Crippen molar-refractivity contribution in [2.24, 2.45) is 5.92 Å². The number of rotatable bonds is 9. The SMILES string of the molecule is CCCN(Cc1c(CC)nn(-c2ccc(F)cc2)c1Oc1ccccc1)C(=O)C(C)C. The van der Waals surface area contributed by atoms with Crippen molar-refractivity contribution >= 4 is 5.91 Å². The minimum Gasteiger partial charge on any atom is -0.439 e. The van der Waals surface area contributed by atoms with Gasteiger partial charge in [0.25, 0.3) is 0 Å². The van der Waals surface area contributed by atoms with Crippen LogP contribution in [0.5, 0.6) is 11.6 Å². The number of carbonyl (C=O) groups excluding carboxylic acids is 1. The summed E-state index contributed by atoms with van der Waals surface area (Å²) in [7, 11) is 0. The third-order valence-corrected chi connectivity index (χ3v) is 5.03. The molecule has 164 valence electrons. The molecule has 1 amide bonds. The van der Waals surface area contributed by atoms with Crippen LogP contribution in [0.25, 0.3) is 5.69 Å². The molecule has 0 fully saturated rings. The molecule has 0 unspecified atom stereocenters. The Balaban J connectivity index is 2.11. The van der Waals surface area contributed by atoms with Crippen molar-refractivity contribution in [1.29, 1.82) is 0 Å². The van der Waals surface area contributed by atoms with Crippen LogP contribution in [0.4, 0.5) is 4.39 Å². The minimum atomic E-state index is -0.311. The van der Waals surface area contributed by atoms with Gasteiger partial charge in [-0.3, -0.25) is 4.79 Å². The third-order valence-electron chi connectivity index (χ3n) is 5.03. The van der Waals surface area contributed by atoms with Gasteiger partial charge in [-0.2, -0.15) is 5.10 Å². The third kappa shape index (κ3) is 5.32. The molecule has 5 nitrogen and oxygen atoms in total. The Morgan fingerprint density at radius 1 is 1.10 bits per heavy atom. The topological polar surface area (TPSA) is 47.4 Å². The molecule has 2 aromatic carbocycles. The van der Waals surface area contributed by atoms with Crippen molar-refractivity contribution in [1.82, 2.24) is 14.7 Å². The van der Waals surface area contributed by atoms with Crippen LogP contribution in [0.15, 0.2) is 54.6 Å². The van der Waals surface area contributed by atoms with Gasteiger partial charge in [0.15, 0.2) is 0 Å². The Morgan fingerprint density at radius 2 is 1.77 bits per heavy atom. The van der Waals surface area contributed by atoms with Gasteiger partial charge in [0.2, 0.25) is 11.8 Å². The minimum absolute atomic E-state index is 0.0951. The van der Waals surface area contributed by atoms with Crippen molar-refractivity contribution in [3.8, 4) is 17.3 Å². The van der Waals surface area contributed by atoms with E-state index in [4.69, 9.17) is 9.84 Å². The summed E-state index contributed by atoms with van der Waals surface area (Å²) in [6.45, 7) is 8.99. The number of hydrogen-bond acceptors (Lipinski definition) is 3. The summed E-state index contributed by atoms with van der Waals surface area (Å²) in [6, 6.07) is 15.6.